The van der Waals surface area contributed by atoms with Crippen molar-refractivity contribution in [3.05, 3.63) is 71.3 Å². The lowest BCUT2D eigenvalue weighted by Crippen LogP contribution is -2.42. The summed E-state index contributed by atoms with van der Waals surface area (Å²) >= 11 is 0. The summed E-state index contributed by atoms with van der Waals surface area (Å²) in [5, 5.41) is 3.12. The number of carbonyl (C=O) groups excluding carboxylic acids is 1. The Morgan fingerprint density at radius 3 is 2.64 bits per heavy atom. The number of nitrogens with one attached hydrogen (secondary N) is 1. The quantitative estimate of drug-likeness (QED) is 0.747. The summed E-state index contributed by atoms with van der Waals surface area (Å²) in [7, 11) is 3.29. The lowest BCUT2D eigenvalue weighted by Gasteiger charge is -2.37. The van der Waals surface area contributed by atoms with E-state index in [1.165, 1.54) is 5.56 Å². The number of ether oxygens (including phenoxy) is 2. The maximum atomic E-state index is 12.7. The summed E-state index contributed by atoms with van der Waals surface area (Å²) < 4.78 is 11.0. The number of methoxy groups -OCH3 is 2. The molecule has 148 valence electrons. The van der Waals surface area contributed by atoms with Crippen LogP contribution in [0.1, 0.15) is 33.1 Å². The predicted octanol–water partition coefficient (Wildman–Crippen LogP) is 3.53. The van der Waals surface area contributed by atoms with Crippen LogP contribution in [0.5, 0.6) is 11.5 Å². The van der Waals surface area contributed by atoms with Crippen molar-refractivity contribution in [1.29, 1.82) is 0 Å². The number of benzene rings is 2. The van der Waals surface area contributed by atoms with Crippen molar-refractivity contribution in [3.8, 4) is 11.5 Å². The average Bonchev–Trinajstić information content (AvgIpc) is 2.72. The molecule has 1 aliphatic rings. The van der Waals surface area contributed by atoms with Gasteiger partial charge in [0.15, 0.2) is 11.5 Å². The molecule has 1 unspecified atom stereocenters. The normalized spacial score (nSPS) is 16.2. The zero-order valence-corrected chi connectivity index (χ0v) is 16.8. The Morgan fingerprint density at radius 2 is 1.96 bits per heavy atom. The fourth-order valence-corrected chi connectivity index (χ4v) is 3.82. The second-order valence-corrected chi connectivity index (χ2v) is 6.98. The van der Waals surface area contributed by atoms with E-state index in [0.29, 0.717) is 17.9 Å². The molecule has 5 heteroatoms. The van der Waals surface area contributed by atoms with E-state index >= 15 is 0 Å². The number of fused-ring (bicyclic) bond motifs is 1. The van der Waals surface area contributed by atoms with Gasteiger partial charge in [0.05, 0.1) is 20.3 Å². The summed E-state index contributed by atoms with van der Waals surface area (Å²) in [6.45, 7) is 8.02. The minimum atomic E-state index is -0.0516. The predicted molar refractivity (Wildman–Crippen MR) is 111 cm³/mol. The van der Waals surface area contributed by atoms with Crippen LogP contribution in [0.2, 0.25) is 0 Å². The number of nitrogens with zero attached hydrogens (tertiary/aromatic N) is 1. The average molecular weight is 380 g/mol. The molecule has 1 N–H and O–H groups in total. The first-order valence-electron chi connectivity index (χ1n) is 9.52. The Hall–Kier alpha value is -2.79. The maximum absolute atomic E-state index is 12.7. The van der Waals surface area contributed by atoms with E-state index in [-0.39, 0.29) is 11.9 Å². The molecule has 0 aliphatic carbocycles. The van der Waals surface area contributed by atoms with Gasteiger partial charge in [-0.05, 0) is 48.2 Å². The van der Waals surface area contributed by atoms with Gasteiger partial charge in [-0.3, -0.25) is 9.69 Å². The van der Waals surface area contributed by atoms with Gasteiger partial charge in [0.1, 0.15) is 0 Å². The summed E-state index contributed by atoms with van der Waals surface area (Å²) in [6, 6.07) is 11.8. The van der Waals surface area contributed by atoms with E-state index in [1.807, 2.05) is 43.3 Å². The topological polar surface area (TPSA) is 50.8 Å². The Kier molecular flexibility index (Phi) is 6.37. The number of rotatable bonds is 7. The van der Waals surface area contributed by atoms with Gasteiger partial charge >= 0.3 is 0 Å². The fourth-order valence-electron chi connectivity index (χ4n) is 3.82. The standard InChI is InChI=1S/C23H28N2O3/c1-5-11-25-12-10-17-13-21(27-3)22(28-4)14-19(17)20(25)15-24-23(26)18-9-7-6-8-16(18)2/h5-9,13-14,20H,1,10-12,15H2,2-4H3,(H,24,26). The van der Waals surface area contributed by atoms with Gasteiger partial charge < -0.3 is 14.8 Å². The lowest BCUT2D eigenvalue weighted by molar-refractivity contribution is 0.0932. The number of hydrogen-bond donors (Lipinski definition) is 1. The molecule has 28 heavy (non-hydrogen) atoms. The SMILES string of the molecule is C=CCN1CCc2cc(OC)c(OC)cc2C1CNC(=O)c1ccccc1C. The molecule has 2 aromatic rings. The molecular weight excluding hydrogens is 352 g/mol. The first-order valence-corrected chi connectivity index (χ1v) is 9.52. The van der Waals surface area contributed by atoms with Crippen molar-refractivity contribution in [2.75, 3.05) is 33.9 Å². The van der Waals surface area contributed by atoms with Crippen LogP contribution in [-0.4, -0.2) is 44.7 Å². The molecule has 0 aromatic heterocycles. The van der Waals surface area contributed by atoms with Crippen LogP contribution in [-0.2, 0) is 6.42 Å². The third kappa shape index (κ3) is 4.04. The monoisotopic (exact) mass is 380 g/mol. The van der Waals surface area contributed by atoms with E-state index in [1.54, 1.807) is 14.2 Å². The van der Waals surface area contributed by atoms with Gasteiger partial charge in [0, 0.05) is 25.2 Å². The summed E-state index contributed by atoms with van der Waals surface area (Å²) in [5.74, 6) is 1.39. The van der Waals surface area contributed by atoms with Gasteiger partial charge in [0.2, 0.25) is 0 Å². The summed E-state index contributed by atoms with van der Waals surface area (Å²) in [5.41, 5.74) is 4.07. The number of hydrogen-bond acceptors (Lipinski definition) is 4. The van der Waals surface area contributed by atoms with Crippen LogP contribution in [0, 0.1) is 6.92 Å². The van der Waals surface area contributed by atoms with E-state index in [4.69, 9.17) is 9.47 Å². The van der Waals surface area contributed by atoms with Crippen LogP contribution in [0.3, 0.4) is 0 Å². The Morgan fingerprint density at radius 1 is 1.25 bits per heavy atom. The molecule has 0 saturated carbocycles. The van der Waals surface area contributed by atoms with Crippen LogP contribution in [0.25, 0.3) is 0 Å². The van der Waals surface area contributed by atoms with E-state index < -0.39 is 0 Å². The third-order valence-corrected chi connectivity index (χ3v) is 5.32. The van der Waals surface area contributed by atoms with Crippen molar-refractivity contribution in [3.63, 3.8) is 0 Å². The number of aryl methyl sites for hydroxylation is 1. The molecule has 0 radical (unpaired) electrons. The largest absolute Gasteiger partial charge is 0.493 e. The minimum Gasteiger partial charge on any atom is -0.493 e. The zero-order valence-electron chi connectivity index (χ0n) is 16.8. The molecule has 3 rings (SSSR count). The van der Waals surface area contributed by atoms with Crippen molar-refractivity contribution in [2.45, 2.75) is 19.4 Å². The highest BCUT2D eigenvalue weighted by atomic mass is 16.5. The van der Waals surface area contributed by atoms with Crippen LogP contribution >= 0.6 is 0 Å². The molecule has 0 spiro atoms. The molecule has 0 saturated heterocycles. The van der Waals surface area contributed by atoms with Crippen LogP contribution in [0.4, 0.5) is 0 Å². The van der Waals surface area contributed by atoms with Crippen molar-refractivity contribution < 1.29 is 14.3 Å². The Balaban J connectivity index is 1.87. The van der Waals surface area contributed by atoms with Gasteiger partial charge in [-0.15, -0.1) is 6.58 Å². The highest BCUT2D eigenvalue weighted by molar-refractivity contribution is 5.95. The van der Waals surface area contributed by atoms with E-state index in [2.05, 4.69) is 22.9 Å². The minimum absolute atomic E-state index is 0.0505. The molecule has 0 fully saturated rings. The number of amides is 1. The molecular formula is C23H28N2O3. The maximum Gasteiger partial charge on any atom is 0.251 e. The summed E-state index contributed by atoms with van der Waals surface area (Å²) in [4.78, 5) is 15.0. The van der Waals surface area contributed by atoms with E-state index in [0.717, 1.165) is 36.4 Å². The van der Waals surface area contributed by atoms with Crippen molar-refractivity contribution >= 4 is 5.91 Å². The highest BCUT2D eigenvalue weighted by Crippen LogP contribution is 2.37. The molecule has 1 atom stereocenters. The zero-order chi connectivity index (χ0) is 20.1. The first-order chi connectivity index (χ1) is 13.6. The van der Waals surface area contributed by atoms with Crippen molar-refractivity contribution in [2.24, 2.45) is 0 Å². The molecule has 1 amide bonds. The van der Waals surface area contributed by atoms with Gasteiger partial charge in [-0.2, -0.15) is 0 Å². The van der Waals surface area contributed by atoms with Gasteiger partial charge in [0.25, 0.3) is 5.91 Å². The molecule has 1 aliphatic heterocycles. The molecule has 5 nitrogen and oxygen atoms in total. The Bertz CT molecular complexity index is 863. The smallest absolute Gasteiger partial charge is 0.251 e. The summed E-state index contributed by atoms with van der Waals surface area (Å²) in [6.07, 6.45) is 2.83. The Labute approximate surface area is 167 Å². The third-order valence-electron chi connectivity index (χ3n) is 5.32. The highest BCUT2D eigenvalue weighted by Gasteiger charge is 2.29. The number of carbonyl (C=O) groups is 1. The van der Waals surface area contributed by atoms with Gasteiger partial charge in [-0.25, -0.2) is 0 Å². The first kappa shape index (κ1) is 20.0. The second kappa shape index (κ2) is 8.93. The second-order valence-electron chi connectivity index (χ2n) is 6.98. The van der Waals surface area contributed by atoms with Crippen molar-refractivity contribution in [1.82, 2.24) is 10.2 Å². The van der Waals surface area contributed by atoms with Crippen LogP contribution < -0.4 is 14.8 Å². The van der Waals surface area contributed by atoms with Gasteiger partial charge in [-0.1, -0.05) is 24.3 Å². The molecule has 2 aromatic carbocycles. The molecule has 1 heterocycles. The fraction of sp³-hybridized carbons (Fsp3) is 0.348. The van der Waals surface area contributed by atoms with E-state index in [9.17, 15) is 4.79 Å². The molecule has 0 bridgehead atoms. The van der Waals surface area contributed by atoms with Crippen LogP contribution in [0.15, 0.2) is 49.1 Å². The lowest BCUT2D eigenvalue weighted by atomic mass is 9.91.